The molecule has 3 heteroatoms. The van der Waals surface area contributed by atoms with Crippen LogP contribution in [0.5, 0.6) is 0 Å². The van der Waals surface area contributed by atoms with Crippen LogP contribution in [0.15, 0.2) is 77.3 Å². The van der Waals surface area contributed by atoms with Gasteiger partial charge in [-0.05, 0) is 72.4 Å². The number of nitriles is 1. The van der Waals surface area contributed by atoms with E-state index in [1.807, 2.05) is 18.2 Å². The van der Waals surface area contributed by atoms with Gasteiger partial charge in [-0.2, -0.15) is 5.26 Å². The summed E-state index contributed by atoms with van der Waals surface area (Å²) in [5.41, 5.74) is 9.13. The molecular formula is C35H33N2O+. The summed E-state index contributed by atoms with van der Waals surface area (Å²) in [6.45, 7) is 2.13. The SMILES string of the molecule is Cc1ccc2c(oc3c(-c4ccc(C5CCCC6CCCC65)cc4)c(C#N)ccc32)c1-c1cccc[n+]1C. The smallest absolute Gasteiger partial charge is 0.216 e. The summed E-state index contributed by atoms with van der Waals surface area (Å²) in [5, 5.41) is 12.2. The molecule has 3 atom stereocenters. The molecule has 2 heterocycles. The average molecular weight is 498 g/mol. The summed E-state index contributed by atoms with van der Waals surface area (Å²) in [6.07, 6.45) is 10.3. The summed E-state index contributed by atoms with van der Waals surface area (Å²) < 4.78 is 8.88. The van der Waals surface area contributed by atoms with Gasteiger partial charge in [-0.25, -0.2) is 4.57 Å². The Balaban J connectivity index is 1.39. The number of hydrogen-bond donors (Lipinski definition) is 0. The number of fused-ring (bicyclic) bond motifs is 4. The van der Waals surface area contributed by atoms with Crippen molar-refractivity contribution in [2.45, 2.75) is 51.4 Å². The molecule has 0 bridgehead atoms. The lowest BCUT2D eigenvalue weighted by Crippen LogP contribution is -2.30. The minimum Gasteiger partial charge on any atom is -0.454 e. The average Bonchev–Trinajstić information content (AvgIpc) is 3.58. The molecule has 2 saturated carbocycles. The summed E-state index contributed by atoms with van der Waals surface area (Å²) in [7, 11) is 2.07. The molecule has 188 valence electrons. The Morgan fingerprint density at radius 3 is 2.32 bits per heavy atom. The Hall–Kier alpha value is -3.90. The van der Waals surface area contributed by atoms with Crippen LogP contribution in [-0.4, -0.2) is 0 Å². The van der Waals surface area contributed by atoms with Crippen LogP contribution in [0.25, 0.3) is 44.3 Å². The van der Waals surface area contributed by atoms with Crippen molar-refractivity contribution < 1.29 is 8.98 Å². The molecule has 2 fully saturated rings. The van der Waals surface area contributed by atoms with E-state index in [-0.39, 0.29) is 0 Å². The zero-order valence-electron chi connectivity index (χ0n) is 22.2. The summed E-state index contributed by atoms with van der Waals surface area (Å²) >= 11 is 0. The van der Waals surface area contributed by atoms with E-state index in [1.165, 1.54) is 49.7 Å². The van der Waals surface area contributed by atoms with Crippen LogP contribution in [0.1, 0.15) is 61.1 Å². The van der Waals surface area contributed by atoms with Crippen molar-refractivity contribution in [3.63, 3.8) is 0 Å². The Bertz CT molecular complexity index is 1720. The second kappa shape index (κ2) is 9.14. The van der Waals surface area contributed by atoms with Crippen LogP contribution in [0.3, 0.4) is 0 Å². The molecule has 7 rings (SSSR count). The number of furan rings is 1. The summed E-state index contributed by atoms with van der Waals surface area (Å²) in [5.74, 6) is 2.45. The van der Waals surface area contributed by atoms with Crippen LogP contribution >= 0.6 is 0 Å². The third kappa shape index (κ3) is 3.58. The predicted octanol–water partition coefficient (Wildman–Crippen LogP) is 8.61. The number of aromatic nitrogens is 1. The molecule has 0 radical (unpaired) electrons. The second-order valence-electron chi connectivity index (χ2n) is 11.4. The molecule has 0 spiro atoms. The largest absolute Gasteiger partial charge is 0.454 e. The first-order chi connectivity index (χ1) is 18.6. The topological polar surface area (TPSA) is 40.8 Å². The van der Waals surface area contributed by atoms with Crippen LogP contribution in [0, 0.1) is 30.1 Å². The molecular weight excluding hydrogens is 464 g/mol. The van der Waals surface area contributed by atoms with Gasteiger partial charge in [0.15, 0.2) is 6.20 Å². The van der Waals surface area contributed by atoms with E-state index in [9.17, 15) is 5.26 Å². The van der Waals surface area contributed by atoms with Gasteiger partial charge in [-0.1, -0.05) is 62.1 Å². The molecule has 2 aromatic heterocycles. The Kier molecular flexibility index (Phi) is 5.59. The van der Waals surface area contributed by atoms with E-state index in [0.29, 0.717) is 11.5 Å². The van der Waals surface area contributed by atoms with Gasteiger partial charge < -0.3 is 4.42 Å². The van der Waals surface area contributed by atoms with Crippen LogP contribution < -0.4 is 4.57 Å². The lowest BCUT2D eigenvalue weighted by molar-refractivity contribution is -0.660. The van der Waals surface area contributed by atoms with Gasteiger partial charge in [-0.3, -0.25) is 0 Å². The highest BCUT2D eigenvalue weighted by Crippen LogP contribution is 2.50. The minimum absolute atomic E-state index is 0.654. The van der Waals surface area contributed by atoms with Gasteiger partial charge in [0.1, 0.15) is 18.2 Å². The third-order valence-corrected chi connectivity index (χ3v) is 9.40. The van der Waals surface area contributed by atoms with E-state index in [2.05, 4.69) is 79.3 Å². The maximum absolute atomic E-state index is 10.1. The second-order valence-corrected chi connectivity index (χ2v) is 11.4. The fourth-order valence-electron chi connectivity index (χ4n) is 7.56. The molecule has 3 nitrogen and oxygen atoms in total. The van der Waals surface area contributed by atoms with Crippen molar-refractivity contribution in [1.29, 1.82) is 5.26 Å². The van der Waals surface area contributed by atoms with E-state index in [4.69, 9.17) is 4.42 Å². The van der Waals surface area contributed by atoms with Gasteiger partial charge in [0, 0.05) is 28.5 Å². The fraction of sp³-hybridized carbons (Fsp3) is 0.314. The number of hydrogen-bond acceptors (Lipinski definition) is 2. The van der Waals surface area contributed by atoms with Crippen LogP contribution in [0.4, 0.5) is 0 Å². The van der Waals surface area contributed by atoms with Gasteiger partial charge in [0.05, 0.1) is 17.2 Å². The lowest BCUT2D eigenvalue weighted by Gasteiger charge is -2.34. The van der Waals surface area contributed by atoms with Crippen LogP contribution in [-0.2, 0) is 7.05 Å². The highest BCUT2D eigenvalue weighted by molar-refractivity contribution is 6.14. The highest BCUT2D eigenvalue weighted by atomic mass is 16.3. The van der Waals surface area contributed by atoms with Crippen molar-refractivity contribution in [1.82, 2.24) is 0 Å². The molecule has 3 aromatic carbocycles. The fourth-order valence-corrected chi connectivity index (χ4v) is 7.56. The predicted molar refractivity (Wildman–Crippen MR) is 153 cm³/mol. The van der Waals surface area contributed by atoms with Crippen molar-refractivity contribution in [2.24, 2.45) is 18.9 Å². The van der Waals surface area contributed by atoms with Crippen molar-refractivity contribution in [2.75, 3.05) is 0 Å². The number of rotatable bonds is 3. The molecule has 3 unspecified atom stereocenters. The molecule has 38 heavy (non-hydrogen) atoms. The van der Waals surface area contributed by atoms with E-state index < -0.39 is 0 Å². The minimum atomic E-state index is 0.654. The Labute approximate surface area is 224 Å². The standard InChI is InChI=1S/C35H33N2O/c1-22-12-18-29-30-19-17-26(21-36)33(35(30)38-34(29)32(22)31-11-3-4-20-37(31)2)25-15-13-24(14-16-25)28-10-6-8-23-7-5-9-27(23)28/h3-4,11-20,23,27-28H,5-10H2,1-2H3/q+1. The number of benzene rings is 3. The van der Waals surface area contributed by atoms with Crippen LogP contribution in [0.2, 0.25) is 0 Å². The van der Waals surface area contributed by atoms with Gasteiger partial charge >= 0.3 is 0 Å². The number of aryl methyl sites for hydroxylation is 2. The first-order valence-corrected chi connectivity index (χ1v) is 14.1. The molecule has 0 aliphatic heterocycles. The zero-order chi connectivity index (χ0) is 25.8. The maximum Gasteiger partial charge on any atom is 0.216 e. The molecule has 0 amide bonds. The van der Waals surface area contributed by atoms with E-state index in [0.717, 1.165) is 56.2 Å². The van der Waals surface area contributed by atoms with Crippen molar-refractivity contribution in [3.8, 4) is 28.5 Å². The molecule has 0 N–H and O–H groups in total. The van der Waals surface area contributed by atoms with Crippen molar-refractivity contribution in [3.05, 3.63) is 89.6 Å². The Morgan fingerprint density at radius 2 is 1.55 bits per heavy atom. The quantitative estimate of drug-likeness (QED) is 0.234. The van der Waals surface area contributed by atoms with E-state index in [1.54, 1.807) is 0 Å². The number of nitrogens with zero attached hydrogens (tertiary/aromatic N) is 2. The van der Waals surface area contributed by atoms with Crippen molar-refractivity contribution >= 4 is 21.9 Å². The van der Waals surface area contributed by atoms with Gasteiger partial charge in [-0.15, -0.1) is 0 Å². The number of pyridine rings is 1. The summed E-state index contributed by atoms with van der Waals surface area (Å²) in [4.78, 5) is 0. The first kappa shape index (κ1) is 23.2. The maximum atomic E-state index is 10.1. The molecule has 2 aliphatic carbocycles. The highest BCUT2D eigenvalue weighted by Gasteiger charge is 2.37. The Morgan fingerprint density at radius 1 is 0.816 bits per heavy atom. The molecule has 5 aromatic rings. The van der Waals surface area contributed by atoms with E-state index >= 15 is 0 Å². The summed E-state index contributed by atoms with van der Waals surface area (Å²) in [6, 6.07) is 26.1. The molecule has 2 aliphatic rings. The monoisotopic (exact) mass is 497 g/mol. The third-order valence-electron chi connectivity index (χ3n) is 9.40. The molecule has 0 saturated heterocycles. The van der Waals surface area contributed by atoms with Gasteiger partial charge in [0.25, 0.3) is 0 Å². The zero-order valence-corrected chi connectivity index (χ0v) is 22.2. The normalized spacial score (nSPS) is 21.0. The van der Waals surface area contributed by atoms with Gasteiger partial charge in [0.2, 0.25) is 5.69 Å². The lowest BCUT2D eigenvalue weighted by atomic mass is 9.71. The first-order valence-electron chi connectivity index (χ1n) is 14.1.